The number of carbonyl (C=O) groups is 2. The number of rotatable bonds is 31. The number of carboxylic acid groups (broad SMARTS) is 2. The molecule has 0 aromatic carbocycles. The van der Waals surface area contributed by atoms with E-state index in [1.54, 1.807) is 0 Å². The van der Waals surface area contributed by atoms with Crippen LogP contribution in [-0.2, 0) is 19.7 Å². The molecule has 0 aliphatic rings. The molecule has 0 bridgehead atoms. The summed E-state index contributed by atoms with van der Waals surface area (Å²) in [5.74, 6) is -3.14. The van der Waals surface area contributed by atoms with Crippen molar-refractivity contribution in [3.63, 3.8) is 0 Å². The Morgan fingerprint density at radius 1 is 0.452 bits per heavy atom. The van der Waals surface area contributed by atoms with Crippen LogP contribution in [-0.4, -0.2) is 39.9 Å². The van der Waals surface area contributed by atoms with Crippen molar-refractivity contribution < 1.29 is 32.8 Å². The molecule has 42 heavy (non-hydrogen) atoms. The van der Waals surface area contributed by atoms with Crippen molar-refractivity contribution in [2.45, 2.75) is 199 Å². The molecule has 0 saturated carbocycles. The van der Waals surface area contributed by atoms with Gasteiger partial charge >= 0.3 is 11.9 Å². The third kappa shape index (κ3) is 14.5. The number of carboxylic acids is 2. The van der Waals surface area contributed by atoms with Gasteiger partial charge in [0.15, 0.2) is 0 Å². The maximum atomic E-state index is 13.1. The van der Waals surface area contributed by atoms with E-state index in [9.17, 15) is 32.8 Å². The smallest absolute Gasteiger partial charge is 0.328 e. The lowest BCUT2D eigenvalue weighted by Gasteiger charge is -2.43. The first-order chi connectivity index (χ1) is 20.1. The summed E-state index contributed by atoms with van der Waals surface area (Å²) in [7, 11) is -5.23. The normalized spacial score (nSPS) is 13.7. The standard InChI is InChI=1S/C34H66O7S/c1-4-7-10-13-16-19-22-25-28-33(31(35)36,29-26-23-20-17-14-11-8-5-2)34(32(37)38,42(39,40)41)30-27-24-21-18-15-12-9-6-3/h4-30H2,1-3H3,(H,35,36)(H,37,38)(H,39,40,41). The van der Waals surface area contributed by atoms with Crippen LogP contribution in [0, 0.1) is 5.41 Å². The molecule has 7 nitrogen and oxygen atoms in total. The van der Waals surface area contributed by atoms with E-state index in [0.717, 1.165) is 109 Å². The molecule has 0 rings (SSSR count). The summed E-state index contributed by atoms with van der Waals surface area (Å²) in [6, 6.07) is 0. The molecule has 250 valence electrons. The molecule has 1 unspecified atom stereocenters. The average molecular weight is 619 g/mol. The van der Waals surface area contributed by atoms with Crippen molar-refractivity contribution in [1.82, 2.24) is 0 Å². The summed E-state index contributed by atoms with van der Waals surface area (Å²) in [4.78, 5) is 26.0. The molecule has 0 amide bonds. The Hall–Kier alpha value is -1.15. The van der Waals surface area contributed by atoms with Crippen LogP contribution >= 0.6 is 0 Å². The van der Waals surface area contributed by atoms with Crippen molar-refractivity contribution in [3.05, 3.63) is 0 Å². The zero-order valence-electron chi connectivity index (χ0n) is 27.5. The van der Waals surface area contributed by atoms with E-state index in [1.165, 1.54) is 19.3 Å². The van der Waals surface area contributed by atoms with Crippen LogP contribution in [0.2, 0.25) is 0 Å². The van der Waals surface area contributed by atoms with Crippen LogP contribution in [0.3, 0.4) is 0 Å². The molecule has 0 aromatic rings. The van der Waals surface area contributed by atoms with Gasteiger partial charge in [-0.2, -0.15) is 8.42 Å². The van der Waals surface area contributed by atoms with Crippen LogP contribution < -0.4 is 0 Å². The fourth-order valence-electron chi connectivity index (χ4n) is 6.58. The Morgan fingerprint density at radius 3 is 0.952 bits per heavy atom. The highest BCUT2D eigenvalue weighted by Gasteiger charge is 2.67. The lowest BCUT2D eigenvalue weighted by atomic mass is 9.65. The Bertz CT molecular complexity index is 776. The van der Waals surface area contributed by atoms with Gasteiger partial charge < -0.3 is 10.2 Å². The van der Waals surface area contributed by atoms with Crippen molar-refractivity contribution in [2.75, 3.05) is 0 Å². The van der Waals surface area contributed by atoms with Crippen LogP contribution in [0.15, 0.2) is 0 Å². The van der Waals surface area contributed by atoms with Crippen molar-refractivity contribution in [1.29, 1.82) is 0 Å². The van der Waals surface area contributed by atoms with Crippen molar-refractivity contribution in [2.24, 2.45) is 5.41 Å². The minimum Gasteiger partial charge on any atom is -0.481 e. The fraction of sp³-hybridized carbons (Fsp3) is 0.941. The second kappa shape index (κ2) is 24.2. The van der Waals surface area contributed by atoms with E-state index >= 15 is 0 Å². The third-order valence-electron chi connectivity index (χ3n) is 9.26. The van der Waals surface area contributed by atoms with E-state index in [-0.39, 0.29) is 25.7 Å². The van der Waals surface area contributed by atoms with Gasteiger partial charge in [0.1, 0.15) is 5.41 Å². The molecule has 0 aromatic heterocycles. The fourth-order valence-corrected chi connectivity index (χ4v) is 7.99. The van der Waals surface area contributed by atoms with Gasteiger partial charge in [-0.05, 0) is 19.3 Å². The van der Waals surface area contributed by atoms with E-state index < -0.39 is 32.2 Å². The zero-order chi connectivity index (χ0) is 31.7. The molecule has 0 aliphatic heterocycles. The van der Waals surface area contributed by atoms with Gasteiger partial charge in [0.25, 0.3) is 10.1 Å². The molecule has 1 atom stereocenters. The highest BCUT2D eigenvalue weighted by molar-refractivity contribution is 7.88. The van der Waals surface area contributed by atoms with Crippen molar-refractivity contribution in [3.8, 4) is 0 Å². The molecule has 0 heterocycles. The minimum absolute atomic E-state index is 0.0586. The van der Waals surface area contributed by atoms with Crippen molar-refractivity contribution >= 4 is 22.1 Å². The van der Waals surface area contributed by atoms with E-state index in [0.29, 0.717) is 19.3 Å². The Labute approximate surface area is 258 Å². The minimum atomic E-state index is -5.23. The summed E-state index contributed by atoms with van der Waals surface area (Å²) >= 11 is 0. The molecule has 0 aliphatic carbocycles. The maximum absolute atomic E-state index is 13.1. The van der Waals surface area contributed by atoms with Gasteiger partial charge in [0.05, 0.1) is 0 Å². The monoisotopic (exact) mass is 618 g/mol. The lowest BCUT2D eigenvalue weighted by Crippen LogP contribution is -2.62. The van der Waals surface area contributed by atoms with Gasteiger partial charge in [-0.1, -0.05) is 175 Å². The number of hydrogen-bond donors (Lipinski definition) is 3. The zero-order valence-corrected chi connectivity index (χ0v) is 28.3. The lowest BCUT2D eigenvalue weighted by molar-refractivity contribution is -0.162. The predicted molar refractivity (Wildman–Crippen MR) is 174 cm³/mol. The highest BCUT2D eigenvalue weighted by Crippen LogP contribution is 2.50. The van der Waals surface area contributed by atoms with E-state index in [1.807, 2.05) is 0 Å². The summed E-state index contributed by atoms with van der Waals surface area (Å²) in [5.41, 5.74) is -2.07. The quantitative estimate of drug-likeness (QED) is 0.0520. The molecule has 3 N–H and O–H groups in total. The topological polar surface area (TPSA) is 129 Å². The summed E-state index contributed by atoms with van der Waals surface area (Å²) < 4.78 is 33.9. The third-order valence-corrected chi connectivity index (χ3v) is 10.9. The van der Waals surface area contributed by atoms with Crippen LogP contribution in [0.4, 0.5) is 0 Å². The van der Waals surface area contributed by atoms with E-state index in [2.05, 4.69) is 20.8 Å². The molecule has 8 heteroatoms. The first kappa shape index (κ1) is 40.9. The van der Waals surface area contributed by atoms with Gasteiger partial charge in [-0.15, -0.1) is 0 Å². The Balaban J connectivity index is 5.82. The Morgan fingerprint density at radius 2 is 0.714 bits per heavy atom. The van der Waals surface area contributed by atoms with Gasteiger partial charge in [-0.3, -0.25) is 14.1 Å². The summed E-state index contributed by atoms with van der Waals surface area (Å²) in [6.07, 6.45) is 22.1. The molecule has 0 fully saturated rings. The van der Waals surface area contributed by atoms with Crippen LogP contribution in [0.1, 0.15) is 194 Å². The van der Waals surface area contributed by atoms with Gasteiger partial charge in [0.2, 0.25) is 4.75 Å². The summed E-state index contributed by atoms with van der Waals surface area (Å²) in [6.45, 7) is 6.47. The highest BCUT2D eigenvalue weighted by atomic mass is 32.2. The number of unbranched alkanes of at least 4 members (excludes halogenated alkanes) is 21. The molecule has 0 saturated heterocycles. The second-order valence-corrected chi connectivity index (χ2v) is 14.3. The van der Waals surface area contributed by atoms with Crippen LogP contribution in [0.25, 0.3) is 0 Å². The second-order valence-electron chi connectivity index (χ2n) is 12.7. The number of aliphatic carboxylic acids is 2. The molecule has 0 radical (unpaired) electrons. The average Bonchev–Trinajstić information content (AvgIpc) is 2.93. The first-order valence-electron chi connectivity index (χ1n) is 17.5. The molecular weight excluding hydrogens is 552 g/mol. The number of hydrogen-bond acceptors (Lipinski definition) is 4. The van der Waals surface area contributed by atoms with Crippen LogP contribution in [0.5, 0.6) is 0 Å². The summed E-state index contributed by atoms with van der Waals surface area (Å²) in [5, 5.41) is 21.1. The van der Waals surface area contributed by atoms with Gasteiger partial charge in [-0.25, -0.2) is 0 Å². The predicted octanol–water partition coefficient (Wildman–Crippen LogP) is 10.4. The van der Waals surface area contributed by atoms with E-state index in [4.69, 9.17) is 0 Å². The van der Waals surface area contributed by atoms with Gasteiger partial charge in [0, 0.05) is 0 Å². The SMILES string of the molecule is CCCCCCCCCCC(CCCCCCCCCC)(C(=O)O)C(CCCCCCCCCC)(C(=O)O)S(=O)(=O)O. The largest absolute Gasteiger partial charge is 0.481 e. The molecule has 0 spiro atoms. The molecular formula is C34H66O7S. The maximum Gasteiger partial charge on any atom is 0.328 e. The Kier molecular flexibility index (Phi) is 23.5. The first-order valence-corrected chi connectivity index (χ1v) is 18.9.